The van der Waals surface area contributed by atoms with E-state index in [1.165, 1.54) is 50.5 Å². The molecule has 1 aromatic rings. The Labute approximate surface area is 135 Å². The zero-order valence-corrected chi connectivity index (χ0v) is 13.9. The molecule has 2 atom stereocenters. The van der Waals surface area contributed by atoms with Crippen LogP contribution in [0.1, 0.15) is 57.4 Å². The zero-order valence-electron chi connectivity index (χ0n) is 13.9. The lowest BCUT2D eigenvalue weighted by molar-refractivity contribution is 0.206. The third-order valence-electron chi connectivity index (χ3n) is 4.45. The molecule has 22 heavy (non-hydrogen) atoms. The van der Waals surface area contributed by atoms with E-state index in [-0.39, 0.29) is 18.8 Å². The predicted molar refractivity (Wildman–Crippen MR) is 91.4 cm³/mol. The highest BCUT2D eigenvalue weighted by molar-refractivity contribution is 5.27. The number of aryl methyl sites for hydroxylation is 1. The van der Waals surface area contributed by atoms with Gasteiger partial charge in [-0.2, -0.15) is 0 Å². The second kappa shape index (κ2) is 9.86. The first-order valence-electron chi connectivity index (χ1n) is 8.91. The molecule has 0 saturated carbocycles. The summed E-state index contributed by atoms with van der Waals surface area (Å²) in [6.45, 7) is 3.27. The molecule has 3 heteroatoms. The van der Waals surface area contributed by atoms with E-state index in [0.717, 1.165) is 18.7 Å². The third-order valence-corrected chi connectivity index (χ3v) is 4.45. The maximum absolute atomic E-state index is 9.12. The molecule has 0 aromatic heterocycles. The van der Waals surface area contributed by atoms with Crippen LogP contribution < -0.4 is 10.1 Å². The summed E-state index contributed by atoms with van der Waals surface area (Å²) in [7, 11) is 0. The molecule has 0 aliphatic carbocycles. The number of ether oxygens (including phenoxy) is 1. The Morgan fingerprint density at radius 1 is 1.09 bits per heavy atom. The lowest BCUT2D eigenvalue weighted by atomic mass is 10.0. The zero-order chi connectivity index (χ0) is 15.6. The Morgan fingerprint density at radius 3 is 2.50 bits per heavy atom. The van der Waals surface area contributed by atoms with E-state index in [4.69, 9.17) is 9.84 Å². The van der Waals surface area contributed by atoms with E-state index < -0.39 is 0 Å². The maximum atomic E-state index is 9.12. The van der Waals surface area contributed by atoms with Gasteiger partial charge in [-0.05, 0) is 30.5 Å². The molecule has 1 aliphatic heterocycles. The minimum atomic E-state index is 0.182. The molecule has 0 amide bonds. The summed E-state index contributed by atoms with van der Waals surface area (Å²) < 4.78 is 5.96. The average Bonchev–Trinajstić information content (AvgIpc) is 3.00. The topological polar surface area (TPSA) is 41.5 Å². The standard InChI is InChI=1S/C19H31NO2/c1-2-3-4-5-6-7-8-16-9-11-18(12-10-16)22-19-13-17(15-21)20-14-19/h9-12,17,19-21H,2-8,13-15H2,1H3. The summed E-state index contributed by atoms with van der Waals surface area (Å²) in [4.78, 5) is 0. The van der Waals surface area contributed by atoms with Gasteiger partial charge in [0, 0.05) is 19.0 Å². The summed E-state index contributed by atoms with van der Waals surface area (Å²) in [5.41, 5.74) is 1.40. The van der Waals surface area contributed by atoms with Crippen LogP contribution in [0.25, 0.3) is 0 Å². The fourth-order valence-electron chi connectivity index (χ4n) is 3.05. The largest absolute Gasteiger partial charge is 0.489 e. The van der Waals surface area contributed by atoms with Gasteiger partial charge < -0.3 is 15.2 Å². The molecule has 2 unspecified atom stereocenters. The quantitative estimate of drug-likeness (QED) is 0.648. The van der Waals surface area contributed by atoms with Crippen molar-refractivity contribution in [1.29, 1.82) is 0 Å². The number of hydrogen-bond acceptors (Lipinski definition) is 3. The molecule has 1 fully saturated rings. The molecule has 0 bridgehead atoms. The number of nitrogens with one attached hydrogen (secondary N) is 1. The van der Waals surface area contributed by atoms with Crippen LogP contribution in [-0.2, 0) is 6.42 Å². The van der Waals surface area contributed by atoms with E-state index in [0.29, 0.717) is 0 Å². The van der Waals surface area contributed by atoms with Gasteiger partial charge in [-0.15, -0.1) is 0 Å². The van der Waals surface area contributed by atoms with Crippen molar-refractivity contribution in [2.75, 3.05) is 13.2 Å². The molecule has 1 aliphatic rings. The molecule has 1 heterocycles. The normalized spacial score (nSPS) is 21.2. The average molecular weight is 305 g/mol. The first-order chi connectivity index (χ1) is 10.8. The Kier molecular flexibility index (Phi) is 7.75. The van der Waals surface area contributed by atoms with Crippen LogP contribution in [0.5, 0.6) is 5.75 Å². The van der Waals surface area contributed by atoms with E-state index in [9.17, 15) is 0 Å². The van der Waals surface area contributed by atoms with Crippen LogP contribution in [0.4, 0.5) is 0 Å². The number of aliphatic hydroxyl groups is 1. The highest BCUT2D eigenvalue weighted by Gasteiger charge is 2.24. The second-order valence-corrected chi connectivity index (χ2v) is 6.43. The summed E-state index contributed by atoms with van der Waals surface area (Å²) in [5, 5.41) is 12.4. The van der Waals surface area contributed by atoms with Crippen molar-refractivity contribution >= 4 is 0 Å². The molecule has 1 aromatic carbocycles. The highest BCUT2D eigenvalue weighted by atomic mass is 16.5. The number of benzene rings is 1. The minimum Gasteiger partial charge on any atom is -0.489 e. The molecule has 124 valence electrons. The fourth-order valence-corrected chi connectivity index (χ4v) is 3.05. The van der Waals surface area contributed by atoms with E-state index in [2.05, 4.69) is 36.5 Å². The van der Waals surface area contributed by atoms with Gasteiger partial charge in [0.15, 0.2) is 0 Å². The maximum Gasteiger partial charge on any atom is 0.119 e. The summed E-state index contributed by atoms with van der Waals surface area (Å²) in [5.74, 6) is 0.942. The third kappa shape index (κ3) is 5.98. The number of aliphatic hydroxyl groups excluding tert-OH is 1. The van der Waals surface area contributed by atoms with Crippen molar-refractivity contribution in [3.8, 4) is 5.75 Å². The summed E-state index contributed by atoms with van der Waals surface area (Å²) in [6, 6.07) is 8.73. The van der Waals surface area contributed by atoms with E-state index >= 15 is 0 Å². The van der Waals surface area contributed by atoms with Crippen LogP contribution >= 0.6 is 0 Å². The fraction of sp³-hybridized carbons (Fsp3) is 0.684. The first-order valence-corrected chi connectivity index (χ1v) is 8.91. The number of hydrogen-bond donors (Lipinski definition) is 2. The van der Waals surface area contributed by atoms with Crippen molar-refractivity contribution in [1.82, 2.24) is 5.32 Å². The van der Waals surface area contributed by atoms with Crippen molar-refractivity contribution in [3.63, 3.8) is 0 Å². The van der Waals surface area contributed by atoms with Gasteiger partial charge in [-0.1, -0.05) is 51.2 Å². The van der Waals surface area contributed by atoms with Crippen LogP contribution in [0.3, 0.4) is 0 Å². The Bertz CT molecular complexity index is 404. The van der Waals surface area contributed by atoms with Crippen LogP contribution in [0, 0.1) is 0 Å². The Balaban J connectivity index is 1.65. The van der Waals surface area contributed by atoms with Gasteiger partial charge in [0.1, 0.15) is 11.9 Å². The van der Waals surface area contributed by atoms with Crippen molar-refractivity contribution in [2.45, 2.75) is 70.4 Å². The number of rotatable bonds is 10. The molecular weight excluding hydrogens is 274 g/mol. The summed E-state index contributed by atoms with van der Waals surface area (Å²) >= 11 is 0. The Hall–Kier alpha value is -1.06. The monoisotopic (exact) mass is 305 g/mol. The lowest BCUT2D eigenvalue weighted by Gasteiger charge is -2.13. The molecule has 3 nitrogen and oxygen atoms in total. The molecule has 0 radical (unpaired) electrons. The van der Waals surface area contributed by atoms with Crippen molar-refractivity contribution in [3.05, 3.63) is 29.8 Å². The predicted octanol–water partition coefficient (Wildman–Crippen LogP) is 3.69. The molecular formula is C19H31NO2. The molecule has 2 N–H and O–H groups in total. The van der Waals surface area contributed by atoms with Crippen molar-refractivity contribution < 1.29 is 9.84 Å². The number of unbranched alkanes of at least 4 members (excludes halogenated alkanes) is 5. The van der Waals surface area contributed by atoms with Crippen LogP contribution in [-0.4, -0.2) is 30.4 Å². The lowest BCUT2D eigenvalue weighted by Crippen LogP contribution is -2.25. The van der Waals surface area contributed by atoms with Gasteiger partial charge in [0.25, 0.3) is 0 Å². The SMILES string of the molecule is CCCCCCCCc1ccc(OC2CNC(CO)C2)cc1. The molecule has 1 saturated heterocycles. The highest BCUT2D eigenvalue weighted by Crippen LogP contribution is 2.19. The van der Waals surface area contributed by atoms with Gasteiger partial charge >= 0.3 is 0 Å². The van der Waals surface area contributed by atoms with Gasteiger partial charge in [-0.3, -0.25) is 0 Å². The summed E-state index contributed by atoms with van der Waals surface area (Å²) in [6.07, 6.45) is 10.3. The molecule has 0 spiro atoms. The smallest absolute Gasteiger partial charge is 0.119 e. The second-order valence-electron chi connectivity index (χ2n) is 6.43. The van der Waals surface area contributed by atoms with Gasteiger partial charge in [-0.25, -0.2) is 0 Å². The van der Waals surface area contributed by atoms with E-state index in [1.54, 1.807) is 0 Å². The van der Waals surface area contributed by atoms with Gasteiger partial charge in [0.2, 0.25) is 0 Å². The minimum absolute atomic E-state index is 0.182. The van der Waals surface area contributed by atoms with Crippen LogP contribution in [0.15, 0.2) is 24.3 Å². The van der Waals surface area contributed by atoms with E-state index in [1.807, 2.05) is 0 Å². The Morgan fingerprint density at radius 2 is 1.82 bits per heavy atom. The van der Waals surface area contributed by atoms with Crippen LogP contribution in [0.2, 0.25) is 0 Å². The molecule has 2 rings (SSSR count). The first kappa shape index (κ1) is 17.3. The van der Waals surface area contributed by atoms with Gasteiger partial charge in [0.05, 0.1) is 6.61 Å². The van der Waals surface area contributed by atoms with Crippen molar-refractivity contribution in [2.24, 2.45) is 0 Å².